The minimum absolute atomic E-state index is 0.0232. The SMILES string of the molecule is Cc1cc(Nc2nccc(OC(C)C)n2)cc(-c2cnc([C@@]3(O)CC[C@H](C(N)=O)C(C)(C)C3)s2)c1. The summed E-state index contributed by atoms with van der Waals surface area (Å²) in [7, 11) is 0. The molecule has 8 nitrogen and oxygen atoms in total. The lowest BCUT2D eigenvalue weighted by atomic mass is 9.63. The van der Waals surface area contributed by atoms with Gasteiger partial charge in [0.2, 0.25) is 17.7 Å². The largest absolute Gasteiger partial charge is 0.475 e. The number of hydrogen-bond acceptors (Lipinski definition) is 8. The summed E-state index contributed by atoms with van der Waals surface area (Å²) in [5.74, 6) is 0.411. The van der Waals surface area contributed by atoms with Gasteiger partial charge in [0.1, 0.15) is 10.6 Å². The molecule has 2 atom stereocenters. The van der Waals surface area contributed by atoms with Crippen molar-refractivity contribution in [2.75, 3.05) is 5.32 Å². The molecule has 1 saturated carbocycles. The number of carbonyl (C=O) groups is 1. The van der Waals surface area contributed by atoms with Crippen LogP contribution in [0.15, 0.2) is 36.7 Å². The third-order valence-corrected chi connectivity index (χ3v) is 7.63. The van der Waals surface area contributed by atoms with E-state index < -0.39 is 11.0 Å². The number of nitrogens with one attached hydrogen (secondary N) is 1. The molecule has 1 fully saturated rings. The van der Waals surface area contributed by atoms with Gasteiger partial charge in [-0.2, -0.15) is 4.98 Å². The van der Waals surface area contributed by atoms with Crippen LogP contribution in [0.2, 0.25) is 0 Å². The van der Waals surface area contributed by atoms with E-state index >= 15 is 0 Å². The highest BCUT2D eigenvalue weighted by atomic mass is 32.1. The van der Waals surface area contributed by atoms with E-state index in [-0.39, 0.29) is 17.9 Å². The molecule has 0 spiro atoms. The molecule has 0 radical (unpaired) electrons. The fraction of sp³-hybridized carbons (Fsp3) is 0.462. The summed E-state index contributed by atoms with van der Waals surface area (Å²) in [6.07, 6.45) is 4.93. The van der Waals surface area contributed by atoms with Gasteiger partial charge in [0.05, 0.1) is 11.0 Å². The number of amides is 1. The molecule has 4 N–H and O–H groups in total. The number of aryl methyl sites for hydroxylation is 1. The maximum absolute atomic E-state index is 11.9. The first kappa shape index (κ1) is 25.1. The predicted octanol–water partition coefficient (Wildman–Crippen LogP) is 4.94. The van der Waals surface area contributed by atoms with Crippen LogP contribution in [0.3, 0.4) is 0 Å². The highest BCUT2D eigenvalue weighted by molar-refractivity contribution is 7.15. The quantitative estimate of drug-likeness (QED) is 0.424. The summed E-state index contributed by atoms with van der Waals surface area (Å²) in [5.41, 5.74) is 7.03. The Bertz CT molecular complexity index is 1230. The zero-order valence-corrected chi connectivity index (χ0v) is 21.6. The predicted molar refractivity (Wildman–Crippen MR) is 138 cm³/mol. The average molecular weight is 496 g/mol. The van der Waals surface area contributed by atoms with Crippen LogP contribution in [-0.4, -0.2) is 32.1 Å². The van der Waals surface area contributed by atoms with Gasteiger partial charge in [-0.05, 0) is 68.7 Å². The summed E-state index contributed by atoms with van der Waals surface area (Å²) in [5, 5.41) is 15.4. The second-order valence-corrected chi connectivity index (χ2v) is 11.3. The molecule has 0 bridgehead atoms. The van der Waals surface area contributed by atoms with Gasteiger partial charge in [-0.3, -0.25) is 4.79 Å². The average Bonchev–Trinajstić information content (AvgIpc) is 3.23. The second-order valence-electron chi connectivity index (χ2n) is 10.3. The molecule has 0 aliphatic heterocycles. The van der Waals surface area contributed by atoms with Gasteiger partial charge in [-0.1, -0.05) is 19.9 Å². The second kappa shape index (κ2) is 9.54. The van der Waals surface area contributed by atoms with Gasteiger partial charge in [0.25, 0.3) is 0 Å². The van der Waals surface area contributed by atoms with E-state index in [0.29, 0.717) is 36.1 Å². The lowest BCUT2D eigenvalue weighted by Gasteiger charge is -2.44. The molecule has 1 aliphatic rings. The van der Waals surface area contributed by atoms with E-state index in [1.807, 2.05) is 46.8 Å². The number of thiazole rings is 1. The lowest BCUT2D eigenvalue weighted by molar-refractivity contribution is -0.134. The summed E-state index contributed by atoms with van der Waals surface area (Å²) < 4.78 is 5.67. The fourth-order valence-corrected chi connectivity index (χ4v) is 5.93. The van der Waals surface area contributed by atoms with Crippen LogP contribution in [0.25, 0.3) is 10.4 Å². The molecule has 0 unspecified atom stereocenters. The maximum atomic E-state index is 11.9. The number of carbonyl (C=O) groups excluding carboxylic acids is 1. The Kier molecular flexibility index (Phi) is 6.83. The van der Waals surface area contributed by atoms with E-state index in [9.17, 15) is 9.90 Å². The van der Waals surface area contributed by atoms with Crippen molar-refractivity contribution in [1.29, 1.82) is 0 Å². The zero-order chi connectivity index (χ0) is 25.4. The number of nitrogens with zero attached hydrogens (tertiary/aromatic N) is 3. The number of aromatic nitrogens is 3. The molecule has 2 aromatic heterocycles. The van der Waals surface area contributed by atoms with Crippen molar-refractivity contribution >= 4 is 28.9 Å². The van der Waals surface area contributed by atoms with Crippen molar-refractivity contribution < 1.29 is 14.6 Å². The molecule has 9 heteroatoms. The normalized spacial score (nSPS) is 21.6. The van der Waals surface area contributed by atoms with E-state index in [0.717, 1.165) is 21.7 Å². The summed E-state index contributed by atoms with van der Waals surface area (Å²) in [6.45, 7) is 9.90. The molecule has 4 rings (SSSR count). The molecular formula is C26H33N5O3S. The molecule has 1 amide bonds. The number of aliphatic hydroxyl groups is 1. The third-order valence-electron chi connectivity index (χ3n) is 6.39. The van der Waals surface area contributed by atoms with Gasteiger partial charge < -0.3 is 20.9 Å². The van der Waals surface area contributed by atoms with Gasteiger partial charge in [0.15, 0.2) is 0 Å². The minimum Gasteiger partial charge on any atom is -0.475 e. The number of rotatable bonds is 7. The van der Waals surface area contributed by atoms with Crippen molar-refractivity contribution in [2.45, 2.75) is 65.6 Å². The fourth-order valence-electron chi connectivity index (χ4n) is 4.91. The smallest absolute Gasteiger partial charge is 0.230 e. The highest BCUT2D eigenvalue weighted by Crippen LogP contribution is 2.50. The van der Waals surface area contributed by atoms with E-state index in [4.69, 9.17) is 10.5 Å². The monoisotopic (exact) mass is 495 g/mol. The van der Waals surface area contributed by atoms with Crippen LogP contribution in [0.4, 0.5) is 11.6 Å². The summed E-state index contributed by atoms with van der Waals surface area (Å²) in [6, 6.07) is 7.85. The number of primary amides is 1. The Hall–Kier alpha value is -3.04. The zero-order valence-electron chi connectivity index (χ0n) is 20.8. The van der Waals surface area contributed by atoms with Crippen molar-refractivity contribution in [1.82, 2.24) is 15.0 Å². The molecule has 1 aromatic carbocycles. The van der Waals surface area contributed by atoms with Gasteiger partial charge in [-0.15, -0.1) is 11.3 Å². The number of hydrogen-bond donors (Lipinski definition) is 3. The third kappa shape index (κ3) is 5.62. The standard InChI is InChI=1S/C26H33N5O3S/c1-15(2)34-21-7-9-28-24(31-21)30-18-11-16(3)10-17(12-18)20-13-29-23(35-20)26(33)8-6-19(22(27)32)25(4,5)14-26/h7,9-13,15,19,33H,6,8,14H2,1-5H3,(H2,27,32)(H,28,30,31)/t19-,26-/m1/s1. The maximum Gasteiger partial charge on any atom is 0.230 e. The minimum atomic E-state index is -1.08. The Labute approximate surface area is 210 Å². The van der Waals surface area contributed by atoms with Crippen LogP contribution >= 0.6 is 11.3 Å². The van der Waals surface area contributed by atoms with Crippen LogP contribution < -0.4 is 15.8 Å². The Morgan fingerprint density at radius 2 is 2.06 bits per heavy atom. The topological polar surface area (TPSA) is 123 Å². The number of ether oxygens (including phenoxy) is 1. The van der Waals surface area contributed by atoms with Crippen LogP contribution in [0, 0.1) is 18.3 Å². The van der Waals surface area contributed by atoms with Crippen molar-refractivity contribution in [3.63, 3.8) is 0 Å². The highest BCUT2D eigenvalue weighted by Gasteiger charge is 2.48. The first-order chi connectivity index (χ1) is 16.4. The van der Waals surface area contributed by atoms with Crippen LogP contribution in [-0.2, 0) is 10.4 Å². The van der Waals surface area contributed by atoms with Gasteiger partial charge in [0, 0.05) is 30.1 Å². The van der Waals surface area contributed by atoms with E-state index in [2.05, 4.69) is 26.3 Å². The molecule has 2 heterocycles. The van der Waals surface area contributed by atoms with Gasteiger partial charge >= 0.3 is 0 Å². The molecule has 1 aliphatic carbocycles. The molecule has 35 heavy (non-hydrogen) atoms. The van der Waals surface area contributed by atoms with Crippen molar-refractivity contribution in [3.8, 4) is 16.3 Å². The van der Waals surface area contributed by atoms with Crippen molar-refractivity contribution in [2.24, 2.45) is 17.1 Å². The van der Waals surface area contributed by atoms with Crippen LogP contribution in [0.5, 0.6) is 5.88 Å². The Morgan fingerprint density at radius 3 is 2.74 bits per heavy atom. The number of nitrogens with two attached hydrogens (primary N) is 1. The summed E-state index contributed by atoms with van der Waals surface area (Å²) >= 11 is 1.48. The number of benzene rings is 1. The van der Waals surface area contributed by atoms with Gasteiger partial charge in [-0.25, -0.2) is 9.97 Å². The van der Waals surface area contributed by atoms with E-state index in [1.54, 1.807) is 18.5 Å². The lowest BCUT2D eigenvalue weighted by Crippen LogP contribution is -2.46. The first-order valence-electron chi connectivity index (χ1n) is 11.8. The molecule has 186 valence electrons. The Morgan fingerprint density at radius 1 is 1.29 bits per heavy atom. The number of anilines is 2. The Balaban J connectivity index is 1.57. The summed E-state index contributed by atoms with van der Waals surface area (Å²) in [4.78, 5) is 26.2. The van der Waals surface area contributed by atoms with Crippen LogP contribution in [0.1, 0.15) is 57.5 Å². The van der Waals surface area contributed by atoms with E-state index in [1.165, 1.54) is 11.3 Å². The molecule has 0 saturated heterocycles. The molecule has 3 aromatic rings. The molecular weight excluding hydrogens is 462 g/mol. The van der Waals surface area contributed by atoms with Crippen molar-refractivity contribution in [3.05, 3.63) is 47.2 Å². The first-order valence-corrected chi connectivity index (χ1v) is 12.6.